The van der Waals surface area contributed by atoms with Crippen molar-refractivity contribution in [1.82, 2.24) is 5.32 Å². The average Bonchev–Trinajstić information content (AvgIpc) is 2.53. The second-order valence-electron chi connectivity index (χ2n) is 2.40. The Kier molecular flexibility index (Phi) is 3.71. The monoisotopic (exact) mass is 192 g/mol. The van der Waals surface area contributed by atoms with Crippen LogP contribution in [0.25, 0.3) is 0 Å². The van der Waals surface area contributed by atoms with Crippen LogP contribution in [-0.4, -0.2) is 35.2 Å². The molecule has 1 fully saturated rings. The summed E-state index contributed by atoms with van der Waals surface area (Å²) in [6, 6.07) is -0.415. The van der Waals surface area contributed by atoms with Crippen LogP contribution in [0.2, 0.25) is 0 Å². The van der Waals surface area contributed by atoms with Gasteiger partial charge in [0.2, 0.25) is 0 Å². The van der Waals surface area contributed by atoms with Gasteiger partial charge in [-0.2, -0.15) is 12.6 Å². The van der Waals surface area contributed by atoms with Gasteiger partial charge >= 0.3 is 0 Å². The zero-order chi connectivity index (χ0) is 8.27. The van der Waals surface area contributed by atoms with E-state index in [0.29, 0.717) is 5.75 Å². The van der Waals surface area contributed by atoms with E-state index >= 15 is 0 Å². The molecule has 0 aromatic heterocycles. The minimum atomic E-state index is -0.415. The van der Waals surface area contributed by atoms with Crippen LogP contribution in [0.3, 0.4) is 0 Å². The maximum absolute atomic E-state index is 11.3. The van der Waals surface area contributed by atoms with Gasteiger partial charge in [-0.15, -0.1) is 11.8 Å². The molecule has 64 valence electrons. The van der Waals surface area contributed by atoms with Crippen LogP contribution in [-0.2, 0) is 4.79 Å². The molecule has 0 bridgehead atoms. The average molecular weight is 192 g/mol. The molecule has 5 heteroatoms. The van der Waals surface area contributed by atoms with E-state index in [1.807, 2.05) is 0 Å². The Morgan fingerprint density at radius 2 is 2.64 bits per heavy atom. The topological polar surface area (TPSA) is 55.1 Å². The van der Waals surface area contributed by atoms with Crippen molar-refractivity contribution in [1.29, 1.82) is 0 Å². The van der Waals surface area contributed by atoms with E-state index in [4.69, 9.17) is 5.73 Å². The fraction of sp³-hybridized carbons (Fsp3) is 0.833. The Balaban J connectivity index is 2.39. The van der Waals surface area contributed by atoms with Gasteiger partial charge < -0.3 is 5.73 Å². The molecule has 3 nitrogen and oxygen atoms in total. The molecular weight excluding hydrogens is 180 g/mol. The maximum atomic E-state index is 11.3. The molecule has 1 heterocycles. The molecule has 0 aromatic rings. The van der Waals surface area contributed by atoms with E-state index in [1.165, 1.54) is 0 Å². The second kappa shape index (κ2) is 4.35. The zero-order valence-electron chi connectivity index (χ0n) is 6.12. The van der Waals surface area contributed by atoms with Crippen LogP contribution in [0.1, 0.15) is 0 Å². The predicted octanol–water partition coefficient (Wildman–Crippen LogP) is -0.525. The highest BCUT2D eigenvalue weighted by Crippen LogP contribution is 2.15. The summed E-state index contributed by atoms with van der Waals surface area (Å²) in [6.45, 7) is 0.903. The third kappa shape index (κ3) is 2.37. The van der Waals surface area contributed by atoms with Crippen LogP contribution in [0.15, 0.2) is 0 Å². The van der Waals surface area contributed by atoms with Crippen LogP contribution < -0.4 is 11.1 Å². The van der Waals surface area contributed by atoms with Crippen LogP contribution in [0.4, 0.5) is 0 Å². The van der Waals surface area contributed by atoms with E-state index in [0.717, 1.165) is 12.3 Å². The number of nitrogens with one attached hydrogen (secondary N) is 1. The molecule has 1 unspecified atom stereocenters. The molecule has 3 N–H and O–H groups in total. The molecule has 11 heavy (non-hydrogen) atoms. The van der Waals surface area contributed by atoms with Crippen LogP contribution in [0, 0.1) is 0 Å². The largest absolute Gasteiger partial charge is 0.321 e. The third-order valence-corrected chi connectivity index (χ3v) is 3.10. The van der Waals surface area contributed by atoms with Gasteiger partial charge in [-0.05, 0) is 0 Å². The van der Waals surface area contributed by atoms with E-state index in [9.17, 15) is 4.79 Å². The summed E-state index contributed by atoms with van der Waals surface area (Å²) in [6.07, 6.45) is 0. The number of carbonyl (C=O) groups excluding carboxylic acids is 1. The number of ketones is 1. The van der Waals surface area contributed by atoms with Gasteiger partial charge in [0.1, 0.15) is 5.37 Å². The lowest BCUT2D eigenvalue weighted by Gasteiger charge is -2.12. The van der Waals surface area contributed by atoms with Crippen molar-refractivity contribution in [2.45, 2.75) is 11.4 Å². The first-order chi connectivity index (χ1) is 5.25. The van der Waals surface area contributed by atoms with E-state index < -0.39 is 6.04 Å². The van der Waals surface area contributed by atoms with Gasteiger partial charge in [0.25, 0.3) is 0 Å². The second-order valence-corrected chi connectivity index (χ2v) is 3.97. The first-order valence-electron chi connectivity index (χ1n) is 3.51. The number of carbonyl (C=O) groups is 1. The molecule has 0 spiro atoms. The fourth-order valence-corrected chi connectivity index (χ4v) is 2.12. The number of hydrogen-bond donors (Lipinski definition) is 3. The summed E-state index contributed by atoms with van der Waals surface area (Å²) in [5, 5.41) is 2.99. The molecule has 0 amide bonds. The van der Waals surface area contributed by atoms with Gasteiger partial charge in [-0.3, -0.25) is 10.1 Å². The summed E-state index contributed by atoms with van der Waals surface area (Å²) in [5.41, 5.74) is 5.52. The molecule has 1 rings (SSSR count). The minimum absolute atomic E-state index is 0.0718. The maximum Gasteiger partial charge on any atom is 0.177 e. The summed E-state index contributed by atoms with van der Waals surface area (Å²) in [7, 11) is 0. The Morgan fingerprint density at radius 3 is 3.09 bits per heavy atom. The van der Waals surface area contributed by atoms with Gasteiger partial charge in [-0.25, -0.2) is 0 Å². The Hall–Kier alpha value is 0.290. The molecule has 1 saturated heterocycles. The molecule has 0 aliphatic carbocycles. The Labute approximate surface area is 75.9 Å². The number of thiol groups is 1. The number of nitrogens with two attached hydrogens (primary N) is 1. The lowest BCUT2D eigenvalue weighted by atomic mass is 10.2. The summed E-state index contributed by atoms with van der Waals surface area (Å²) >= 11 is 5.58. The SMILES string of the molecule is N[C@@H](CS)C(=O)C1NCCS1. The predicted molar refractivity (Wildman–Crippen MR) is 51.1 cm³/mol. The highest BCUT2D eigenvalue weighted by molar-refractivity contribution is 8.00. The van der Waals surface area contributed by atoms with Gasteiger partial charge in [0.15, 0.2) is 5.78 Å². The lowest BCUT2D eigenvalue weighted by Crippen LogP contribution is -2.42. The van der Waals surface area contributed by atoms with Gasteiger partial charge in [0.05, 0.1) is 6.04 Å². The minimum Gasteiger partial charge on any atom is -0.321 e. The highest BCUT2D eigenvalue weighted by atomic mass is 32.2. The van der Waals surface area contributed by atoms with Gasteiger partial charge in [-0.1, -0.05) is 0 Å². The van der Waals surface area contributed by atoms with E-state index in [2.05, 4.69) is 17.9 Å². The molecule has 0 radical (unpaired) electrons. The Bertz CT molecular complexity index is 148. The summed E-state index contributed by atoms with van der Waals surface area (Å²) in [5.74, 6) is 1.50. The molecule has 0 aromatic carbocycles. The van der Waals surface area contributed by atoms with Crippen molar-refractivity contribution >= 4 is 30.2 Å². The van der Waals surface area contributed by atoms with E-state index in [-0.39, 0.29) is 11.2 Å². The van der Waals surface area contributed by atoms with Crippen LogP contribution >= 0.6 is 24.4 Å². The highest BCUT2D eigenvalue weighted by Gasteiger charge is 2.26. The number of rotatable bonds is 3. The van der Waals surface area contributed by atoms with Crippen molar-refractivity contribution in [3.8, 4) is 0 Å². The first-order valence-corrected chi connectivity index (χ1v) is 5.19. The summed E-state index contributed by atoms with van der Waals surface area (Å²) in [4.78, 5) is 11.3. The van der Waals surface area contributed by atoms with E-state index in [1.54, 1.807) is 11.8 Å². The van der Waals surface area contributed by atoms with Crippen LogP contribution in [0.5, 0.6) is 0 Å². The Morgan fingerprint density at radius 1 is 1.91 bits per heavy atom. The quantitative estimate of drug-likeness (QED) is 0.527. The molecule has 1 aliphatic heterocycles. The number of Topliss-reactive ketones (excluding diaryl/α,β-unsaturated/α-hetero) is 1. The fourth-order valence-electron chi connectivity index (χ4n) is 0.893. The molecule has 0 saturated carbocycles. The smallest absolute Gasteiger partial charge is 0.177 e. The molecule has 1 aliphatic rings. The third-order valence-electron chi connectivity index (χ3n) is 1.54. The zero-order valence-corrected chi connectivity index (χ0v) is 7.83. The standard InChI is InChI=1S/C6H12N2OS2/c7-4(3-10)5(9)6-8-1-2-11-6/h4,6,8,10H,1-3,7H2/t4-,6?/m0/s1. The summed E-state index contributed by atoms with van der Waals surface area (Å²) < 4.78 is 0. The van der Waals surface area contributed by atoms with Crippen molar-refractivity contribution in [3.63, 3.8) is 0 Å². The number of hydrogen-bond acceptors (Lipinski definition) is 5. The lowest BCUT2D eigenvalue weighted by molar-refractivity contribution is -0.119. The van der Waals surface area contributed by atoms with Crippen molar-refractivity contribution < 1.29 is 4.79 Å². The van der Waals surface area contributed by atoms with Crippen molar-refractivity contribution in [3.05, 3.63) is 0 Å². The van der Waals surface area contributed by atoms with Gasteiger partial charge in [0, 0.05) is 18.1 Å². The first kappa shape index (κ1) is 9.38. The van der Waals surface area contributed by atoms with Crippen molar-refractivity contribution in [2.24, 2.45) is 5.73 Å². The number of thioether (sulfide) groups is 1. The molecule has 2 atom stereocenters. The normalized spacial score (nSPS) is 26.9. The van der Waals surface area contributed by atoms with Crippen molar-refractivity contribution in [2.75, 3.05) is 18.1 Å². The molecular formula is C6H12N2OS2.